The van der Waals surface area contributed by atoms with E-state index in [0.717, 1.165) is 37.5 Å². The minimum atomic E-state index is 0.0521. The molecule has 1 aromatic rings. The normalized spacial score (nSPS) is 31.6. The average Bonchev–Trinajstić information content (AvgIpc) is 2.97. The van der Waals surface area contributed by atoms with Gasteiger partial charge in [0.25, 0.3) is 0 Å². The molecule has 0 spiro atoms. The summed E-state index contributed by atoms with van der Waals surface area (Å²) in [6.45, 7) is 1.55. The van der Waals surface area contributed by atoms with E-state index in [-0.39, 0.29) is 6.04 Å². The molecule has 1 aromatic heterocycles. The van der Waals surface area contributed by atoms with Crippen molar-refractivity contribution in [1.29, 1.82) is 0 Å². The Labute approximate surface area is 125 Å². The second-order valence-corrected chi connectivity index (χ2v) is 6.72. The monoisotopic (exact) mass is 285 g/mol. The number of hydrogen-bond acceptors (Lipinski definition) is 3. The lowest BCUT2D eigenvalue weighted by atomic mass is 9.85. The van der Waals surface area contributed by atoms with Crippen LogP contribution in [0.4, 0.5) is 0 Å². The van der Waals surface area contributed by atoms with Gasteiger partial charge in [-0.2, -0.15) is 0 Å². The lowest BCUT2D eigenvalue weighted by Crippen LogP contribution is -2.47. The van der Waals surface area contributed by atoms with E-state index >= 15 is 0 Å². The molecule has 0 radical (unpaired) electrons. The van der Waals surface area contributed by atoms with E-state index in [4.69, 9.17) is 0 Å². The zero-order chi connectivity index (χ0) is 14.2. The van der Waals surface area contributed by atoms with Crippen LogP contribution >= 0.6 is 0 Å². The zero-order valence-electron chi connectivity index (χ0n) is 12.4. The van der Waals surface area contributed by atoms with Gasteiger partial charge in [-0.25, -0.2) is 0 Å². The molecule has 0 bridgehead atoms. The van der Waals surface area contributed by atoms with Crippen molar-refractivity contribution in [2.75, 3.05) is 6.54 Å². The van der Waals surface area contributed by atoms with E-state index in [1.165, 1.54) is 31.2 Å². The van der Waals surface area contributed by atoms with Gasteiger partial charge in [0.1, 0.15) is 0 Å². The number of nitrogens with one attached hydrogen (secondary N) is 1. The lowest BCUT2D eigenvalue weighted by Gasteiger charge is -2.30. The SMILES string of the molecule is O=C(C1CC2CCCCC2N1)N1CCc2ncccc2C1. The molecule has 1 amide bonds. The first kappa shape index (κ1) is 13.3. The predicted molar refractivity (Wildman–Crippen MR) is 80.6 cm³/mol. The lowest BCUT2D eigenvalue weighted by molar-refractivity contribution is -0.134. The third-order valence-electron chi connectivity index (χ3n) is 5.44. The quantitative estimate of drug-likeness (QED) is 0.857. The Kier molecular flexibility index (Phi) is 3.42. The van der Waals surface area contributed by atoms with Gasteiger partial charge < -0.3 is 10.2 Å². The molecule has 3 unspecified atom stereocenters. The smallest absolute Gasteiger partial charge is 0.240 e. The molecule has 1 aliphatic carbocycles. The van der Waals surface area contributed by atoms with Crippen LogP contribution in [0.2, 0.25) is 0 Å². The molecule has 4 heteroatoms. The third kappa shape index (κ3) is 2.46. The maximum atomic E-state index is 12.8. The summed E-state index contributed by atoms with van der Waals surface area (Å²) in [5.41, 5.74) is 2.38. The number of hydrogen-bond donors (Lipinski definition) is 1. The fraction of sp³-hybridized carbons (Fsp3) is 0.647. The van der Waals surface area contributed by atoms with Crippen molar-refractivity contribution in [3.8, 4) is 0 Å². The van der Waals surface area contributed by atoms with Gasteiger partial charge in [0.15, 0.2) is 0 Å². The molecule has 112 valence electrons. The molecule has 4 nitrogen and oxygen atoms in total. The summed E-state index contributed by atoms with van der Waals surface area (Å²) >= 11 is 0. The van der Waals surface area contributed by atoms with Crippen molar-refractivity contribution in [2.24, 2.45) is 5.92 Å². The van der Waals surface area contributed by atoms with Crippen molar-refractivity contribution in [1.82, 2.24) is 15.2 Å². The predicted octanol–water partition coefficient (Wildman–Crippen LogP) is 1.89. The topological polar surface area (TPSA) is 45.2 Å². The molecule has 3 atom stereocenters. The highest BCUT2D eigenvalue weighted by Crippen LogP contribution is 2.34. The number of pyridine rings is 1. The molecule has 3 heterocycles. The van der Waals surface area contributed by atoms with Crippen molar-refractivity contribution in [2.45, 2.75) is 57.2 Å². The van der Waals surface area contributed by atoms with Crippen LogP contribution in [0.3, 0.4) is 0 Å². The molecule has 1 saturated heterocycles. The van der Waals surface area contributed by atoms with Gasteiger partial charge in [0.05, 0.1) is 6.04 Å². The van der Waals surface area contributed by atoms with Crippen molar-refractivity contribution in [3.05, 3.63) is 29.6 Å². The van der Waals surface area contributed by atoms with Crippen LogP contribution in [0.5, 0.6) is 0 Å². The van der Waals surface area contributed by atoms with Gasteiger partial charge in [-0.15, -0.1) is 0 Å². The minimum absolute atomic E-state index is 0.0521. The second kappa shape index (κ2) is 5.41. The van der Waals surface area contributed by atoms with Gasteiger partial charge in [-0.05, 0) is 36.8 Å². The molecule has 1 saturated carbocycles. The highest BCUT2D eigenvalue weighted by Gasteiger charge is 2.40. The number of rotatable bonds is 1. The van der Waals surface area contributed by atoms with Gasteiger partial charge in [0, 0.05) is 37.4 Å². The summed E-state index contributed by atoms with van der Waals surface area (Å²) in [5.74, 6) is 1.03. The Balaban J connectivity index is 1.44. The Morgan fingerprint density at radius 3 is 3.14 bits per heavy atom. The molecular formula is C17H23N3O. The van der Waals surface area contributed by atoms with Crippen LogP contribution in [0.1, 0.15) is 43.4 Å². The molecular weight excluding hydrogens is 262 g/mol. The van der Waals surface area contributed by atoms with Crippen LogP contribution < -0.4 is 5.32 Å². The van der Waals surface area contributed by atoms with E-state index in [1.54, 1.807) is 0 Å². The Bertz CT molecular complexity index is 531. The number of carbonyl (C=O) groups is 1. The third-order valence-corrected chi connectivity index (χ3v) is 5.44. The molecule has 3 aliphatic rings. The summed E-state index contributed by atoms with van der Waals surface area (Å²) in [7, 11) is 0. The summed E-state index contributed by atoms with van der Waals surface area (Å²) in [6, 6.07) is 4.71. The summed E-state index contributed by atoms with van der Waals surface area (Å²) in [5, 5.41) is 3.61. The minimum Gasteiger partial charge on any atom is -0.337 e. The molecule has 21 heavy (non-hydrogen) atoms. The van der Waals surface area contributed by atoms with Crippen molar-refractivity contribution < 1.29 is 4.79 Å². The van der Waals surface area contributed by atoms with Crippen LogP contribution in [0.25, 0.3) is 0 Å². The van der Waals surface area contributed by atoms with Gasteiger partial charge in [-0.1, -0.05) is 18.9 Å². The summed E-state index contributed by atoms with van der Waals surface area (Å²) < 4.78 is 0. The van der Waals surface area contributed by atoms with Gasteiger partial charge in [0.2, 0.25) is 5.91 Å². The van der Waals surface area contributed by atoms with E-state index in [0.29, 0.717) is 11.9 Å². The Morgan fingerprint density at radius 1 is 1.33 bits per heavy atom. The Morgan fingerprint density at radius 2 is 2.24 bits per heavy atom. The van der Waals surface area contributed by atoms with Crippen LogP contribution in [-0.4, -0.2) is 34.4 Å². The molecule has 1 N–H and O–H groups in total. The fourth-order valence-corrected chi connectivity index (χ4v) is 4.28. The van der Waals surface area contributed by atoms with Crippen LogP contribution in [0, 0.1) is 5.92 Å². The van der Waals surface area contributed by atoms with Gasteiger partial charge in [-0.3, -0.25) is 9.78 Å². The maximum Gasteiger partial charge on any atom is 0.240 e. The number of aromatic nitrogens is 1. The second-order valence-electron chi connectivity index (χ2n) is 6.72. The highest BCUT2D eigenvalue weighted by atomic mass is 16.2. The Hall–Kier alpha value is -1.42. The molecule has 2 aliphatic heterocycles. The van der Waals surface area contributed by atoms with E-state index in [1.807, 2.05) is 17.2 Å². The standard InChI is InChI=1S/C17H23N3O/c21-17(16-10-12-4-1-2-6-15(12)19-16)20-9-7-14-13(11-20)5-3-8-18-14/h3,5,8,12,15-16,19H,1-2,4,6-7,9-11H2. The van der Waals surface area contributed by atoms with Crippen molar-refractivity contribution in [3.63, 3.8) is 0 Å². The van der Waals surface area contributed by atoms with Crippen molar-refractivity contribution >= 4 is 5.91 Å². The van der Waals surface area contributed by atoms with E-state index in [2.05, 4.69) is 16.4 Å². The largest absolute Gasteiger partial charge is 0.337 e. The van der Waals surface area contributed by atoms with Crippen LogP contribution in [0.15, 0.2) is 18.3 Å². The molecule has 2 fully saturated rings. The fourth-order valence-electron chi connectivity index (χ4n) is 4.28. The maximum absolute atomic E-state index is 12.8. The van der Waals surface area contributed by atoms with E-state index in [9.17, 15) is 4.79 Å². The molecule has 4 rings (SSSR count). The first-order valence-corrected chi connectivity index (χ1v) is 8.29. The average molecular weight is 285 g/mol. The van der Waals surface area contributed by atoms with Gasteiger partial charge >= 0.3 is 0 Å². The number of nitrogens with zero attached hydrogens (tertiary/aromatic N) is 2. The number of fused-ring (bicyclic) bond motifs is 2. The summed E-state index contributed by atoms with van der Waals surface area (Å²) in [4.78, 5) is 19.2. The molecule has 0 aromatic carbocycles. The number of amides is 1. The first-order chi connectivity index (χ1) is 10.3. The summed E-state index contributed by atoms with van der Waals surface area (Å²) in [6.07, 6.45) is 8.99. The zero-order valence-corrected chi connectivity index (χ0v) is 12.4. The van der Waals surface area contributed by atoms with E-state index < -0.39 is 0 Å². The van der Waals surface area contributed by atoms with Crippen LogP contribution in [-0.2, 0) is 17.8 Å². The number of carbonyl (C=O) groups excluding carboxylic acids is 1. The highest BCUT2D eigenvalue weighted by molar-refractivity contribution is 5.82. The first-order valence-electron chi connectivity index (χ1n) is 8.29.